The number of piperazine rings is 1. The minimum absolute atomic E-state index is 0.0362. The second kappa shape index (κ2) is 7.89. The van der Waals surface area contributed by atoms with Gasteiger partial charge in [-0.3, -0.25) is 14.6 Å². The van der Waals surface area contributed by atoms with Crippen LogP contribution in [0.25, 0.3) is 11.3 Å². The fraction of sp³-hybridized carbons (Fsp3) is 0.350. The predicted molar refractivity (Wildman–Crippen MR) is 111 cm³/mol. The van der Waals surface area contributed by atoms with Gasteiger partial charge in [-0.2, -0.15) is 14.5 Å². The van der Waals surface area contributed by atoms with Crippen LogP contribution in [0, 0.1) is 19.7 Å². The van der Waals surface area contributed by atoms with Crippen molar-refractivity contribution in [2.45, 2.75) is 18.7 Å². The number of benzene rings is 1. The van der Waals surface area contributed by atoms with Gasteiger partial charge in [-0.15, -0.1) is 0 Å². The van der Waals surface area contributed by atoms with E-state index < -0.39 is 15.8 Å². The van der Waals surface area contributed by atoms with Gasteiger partial charge in [0.25, 0.3) is 5.91 Å². The number of halogens is 1. The zero-order chi connectivity index (χ0) is 22.3. The van der Waals surface area contributed by atoms with Gasteiger partial charge in [0, 0.05) is 44.5 Å². The highest BCUT2D eigenvalue weighted by atomic mass is 32.2. The van der Waals surface area contributed by atoms with Crippen LogP contribution in [0.15, 0.2) is 35.2 Å². The first-order chi connectivity index (χ1) is 14.7. The molecule has 0 aliphatic carbocycles. The van der Waals surface area contributed by atoms with E-state index in [1.165, 1.54) is 16.4 Å². The number of amides is 1. The molecule has 0 spiro atoms. The lowest BCUT2D eigenvalue weighted by Crippen LogP contribution is -2.50. The molecule has 3 aromatic rings. The fourth-order valence-corrected chi connectivity index (χ4v) is 5.18. The maximum atomic E-state index is 13.1. The molecule has 0 bridgehead atoms. The summed E-state index contributed by atoms with van der Waals surface area (Å²) in [6.07, 6.45) is 0. The predicted octanol–water partition coefficient (Wildman–Crippen LogP) is 1.71. The first-order valence-corrected chi connectivity index (χ1v) is 11.2. The lowest BCUT2D eigenvalue weighted by atomic mass is 10.1. The van der Waals surface area contributed by atoms with E-state index in [4.69, 9.17) is 0 Å². The van der Waals surface area contributed by atoms with Gasteiger partial charge >= 0.3 is 0 Å². The molecule has 1 aliphatic rings. The van der Waals surface area contributed by atoms with E-state index in [0.717, 1.165) is 29.1 Å². The lowest BCUT2D eigenvalue weighted by molar-refractivity contribution is 0.0692. The third kappa shape index (κ3) is 3.86. The number of aryl methyl sites for hydroxylation is 2. The summed E-state index contributed by atoms with van der Waals surface area (Å²) in [4.78, 5) is 14.5. The Kier molecular flexibility index (Phi) is 5.40. The summed E-state index contributed by atoms with van der Waals surface area (Å²) in [6, 6.07) is 6.43. The molecule has 1 fully saturated rings. The van der Waals surface area contributed by atoms with E-state index in [1.807, 2.05) is 20.9 Å². The maximum Gasteiger partial charge on any atom is 0.271 e. The quantitative estimate of drug-likeness (QED) is 0.657. The number of rotatable bonds is 4. The first-order valence-electron chi connectivity index (χ1n) is 9.79. The molecule has 164 valence electrons. The van der Waals surface area contributed by atoms with E-state index in [2.05, 4.69) is 15.3 Å². The molecule has 0 atom stereocenters. The number of aromatic nitrogens is 4. The largest absolute Gasteiger partial charge is 0.335 e. The van der Waals surface area contributed by atoms with Gasteiger partial charge in [0.1, 0.15) is 11.5 Å². The molecule has 9 nitrogen and oxygen atoms in total. The molecule has 0 saturated carbocycles. The van der Waals surface area contributed by atoms with Gasteiger partial charge in [0.05, 0.1) is 16.3 Å². The summed E-state index contributed by atoms with van der Waals surface area (Å²) < 4.78 is 41.7. The van der Waals surface area contributed by atoms with Gasteiger partial charge in [0.2, 0.25) is 10.0 Å². The standard InChI is InChI=1S/C20H23FN6O3S/c1-13-19(14(2)25(3)24-13)17-12-18(23-22-17)20(28)26-8-10-27(11-9-26)31(29,30)16-6-4-15(21)5-7-16/h4-7,12H,8-11H2,1-3H3,(H,22,23). The van der Waals surface area contributed by atoms with Crippen LogP contribution < -0.4 is 0 Å². The van der Waals surface area contributed by atoms with Crippen LogP contribution in [0.2, 0.25) is 0 Å². The van der Waals surface area contributed by atoms with Crippen molar-refractivity contribution in [2.24, 2.45) is 7.05 Å². The third-order valence-corrected chi connectivity index (χ3v) is 7.46. The van der Waals surface area contributed by atoms with Crippen molar-refractivity contribution in [2.75, 3.05) is 26.2 Å². The summed E-state index contributed by atoms with van der Waals surface area (Å²) in [5.41, 5.74) is 3.64. The molecule has 1 N–H and O–H groups in total. The van der Waals surface area contributed by atoms with Crippen LogP contribution in [-0.4, -0.2) is 69.7 Å². The Hall–Kier alpha value is -3.05. The number of hydrogen-bond acceptors (Lipinski definition) is 5. The van der Waals surface area contributed by atoms with Crippen LogP contribution in [0.5, 0.6) is 0 Å². The second-order valence-electron chi connectivity index (χ2n) is 7.49. The van der Waals surface area contributed by atoms with Crippen molar-refractivity contribution in [3.63, 3.8) is 0 Å². The highest BCUT2D eigenvalue weighted by Gasteiger charge is 2.31. The van der Waals surface area contributed by atoms with Gasteiger partial charge < -0.3 is 4.90 Å². The average molecular weight is 447 g/mol. The van der Waals surface area contributed by atoms with Crippen molar-refractivity contribution in [1.29, 1.82) is 0 Å². The van der Waals surface area contributed by atoms with Crippen LogP contribution in [0.3, 0.4) is 0 Å². The highest BCUT2D eigenvalue weighted by molar-refractivity contribution is 7.89. The summed E-state index contributed by atoms with van der Waals surface area (Å²) >= 11 is 0. The first kappa shape index (κ1) is 21.2. The van der Waals surface area contributed by atoms with Gasteiger partial charge in [-0.05, 0) is 44.2 Å². The molecule has 31 heavy (non-hydrogen) atoms. The summed E-state index contributed by atoms with van der Waals surface area (Å²) in [6.45, 7) is 4.64. The molecule has 0 unspecified atom stereocenters. The number of nitrogens with one attached hydrogen (secondary N) is 1. The Bertz CT molecular complexity index is 1220. The van der Waals surface area contributed by atoms with E-state index in [0.29, 0.717) is 11.4 Å². The molecule has 1 aromatic carbocycles. The number of nitrogens with zero attached hydrogens (tertiary/aromatic N) is 5. The number of carbonyl (C=O) groups excluding carboxylic acids is 1. The van der Waals surface area contributed by atoms with Gasteiger partial charge in [-0.1, -0.05) is 0 Å². The minimum Gasteiger partial charge on any atom is -0.335 e. The Morgan fingerprint density at radius 3 is 2.32 bits per heavy atom. The monoisotopic (exact) mass is 446 g/mol. The molecular weight excluding hydrogens is 423 g/mol. The molecule has 4 rings (SSSR count). The van der Waals surface area contributed by atoms with Crippen molar-refractivity contribution in [1.82, 2.24) is 29.2 Å². The Labute approximate surface area is 179 Å². The van der Waals surface area contributed by atoms with Gasteiger partial charge in [-0.25, -0.2) is 12.8 Å². The highest BCUT2D eigenvalue weighted by Crippen LogP contribution is 2.26. The molecule has 0 radical (unpaired) electrons. The number of hydrogen-bond donors (Lipinski definition) is 1. The average Bonchev–Trinajstić information content (AvgIpc) is 3.32. The smallest absolute Gasteiger partial charge is 0.271 e. The van der Waals surface area contributed by atoms with E-state index in [9.17, 15) is 17.6 Å². The normalized spacial score (nSPS) is 15.4. The van der Waals surface area contributed by atoms with Crippen molar-refractivity contribution >= 4 is 15.9 Å². The summed E-state index contributed by atoms with van der Waals surface area (Å²) in [7, 11) is -1.88. The second-order valence-corrected chi connectivity index (χ2v) is 9.42. The van der Waals surface area contributed by atoms with Crippen molar-refractivity contribution in [3.05, 3.63) is 53.2 Å². The Balaban J connectivity index is 1.45. The molecule has 1 saturated heterocycles. The fourth-order valence-electron chi connectivity index (χ4n) is 3.76. The van der Waals surface area contributed by atoms with Crippen molar-refractivity contribution in [3.8, 4) is 11.3 Å². The van der Waals surface area contributed by atoms with Crippen LogP contribution in [-0.2, 0) is 17.1 Å². The molecule has 3 heterocycles. The number of aromatic amines is 1. The minimum atomic E-state index is -3.73. The van der Waals surface area contributed by atoms with Crippen LogP contribution in [0.4, 0.5) is 4.39 Å². The summed E-state index contributed by atoms with van der Waals surface area (Å²) in [5.74, 6) is -0.734. The van der Waals surface area contributed by atoms with Gasteiger partial charge in [0.15, 0.2) is 0 Å². The van der Waals surface area contributed by atoms with E-state index in [1.54, 1.807) is 15.6 Å². The van der Waals surface area contributed by atoms with Crippen LogP contribution >= 0.6 is 0 Å². The molecular formula is C20H23FN6O3S. The summed E-state index contributed by atoms with van der Waals surface area (Å²) in [5, 5.41) is 11.4. The zero-order valence-electron chi connectivity index (χ0n) is 17.5. The SMILES string of the molecule is Cc1nn(C)c(C)c1-c1cc(C(=O)N2CCN(S(=O)(=O)c3ccc(F)cc3)CC2)[nH]n1. The Morgan fingerprint density at radius 2 is 1.74 bits per heavy atom. The van der Waals surface area contributed by atoms with E-state index in [-0.39, 0.29) is 37.0 Å². The number of H-pyrrole nitrogens is 1. The number of sulfonamides is 1. The molecule has 11 heteroatoms. The third-order valence-electron chi connectivity index (χ3n) is 5.55. The molecule has 2 aromatic heterocycles. The molecule has 1 aliphatic heterocycles. The Morgan fingerprint density at radius 1 is 1.10 bits per heavy atom. The zero-order valence-corrected chi connectivity index (χ0v) is 18.3. The van der Waals surface area contributed by atoms with Crippen LogP contribution in [0.1, 0.15) is 21.9 Å². The lowest BCUT2D eigenvalue weighted by Gasteiger charge is -2.33. The van der Waals surface area contributed by atoms with E-state index >= 15 is 0 Å². The number of carbonyl (C=O) groups is 1. The molecule has 1 amide bonds. The topological polar surface area (TPSA) is 104 Å². The van der Waals surface area contributed by atoms with Crippen molar-refractivity contribution < 1.29 is 17.6 Å². The maximum absolute atomic E-state index is 13.1.